The molecule has 1 aliphatic heterocycles. The molecule has 4 rings (SSSR count). The molecule has 1 heterocycles. The van der Waals surface area contributed by atoms with Gasteiger partial charge in [-0.25, -0.2) is 0 Å². The fourth-order valence-electron chi connectivity index (χ4n) is 4.00. The first-order chi connectivity index (χ1) is 9.90. The van der Waals surface area contributed by atoms with E-state index in [1.807, 2.05) is 0 Å². The predicted octanol–water partition coefficient (Wildman–Crippen LogP) is 3.68. The summed E-state index contributed by atoms with van der Waals surface area (Å²) in [5, 5.41) is 0. The summed E-state index contributed by atoms with van der Waals surface area (Å²) in [6.07, 6.45) is 3.89. The Bertz CT molecular complexity index is 590. The predicted molar refractivity (Wildman–Crippen MR) is 82.6 cm³/mol. The first-order valence-corrected chi connectivity index (χ1v) is 7.75. The molecule has 0 spiro atoms. The molecule has 0 radical (unpaired) electrons. The Morgan fingerprint density at radius 3 is 2.35 bits per heavy atom. The lowest BCUT2D eigenvalue weighted by Gasteiger charge is -2.33. The number of nitrogens with zero attached hydrogens (tertiary/aromatic N) is 1. The summed E-state index contributed by atoms with van der Waals surface area (Å²) >= 11 is 0. The zero-order chi connectivity index (χ0) is 13.4. The Balaban J connectivity index is 1.55. The molecule has 1 heteroatoms. The molecule has 2 atom stereocenters. The van der Waals surface area contributed by atoms with Crippen molar-refractivity contribution in [2.75, 3.05) is 6.54 Å². The minimum atomic E-state index is 0.755. The Morgan fingerprint density at radius 1 is 0.850 bits per heavy atom. The van der Waals surface area contributed by atoms with Gasteiger partial charge in [-0.1, -0.05) is 54.6 Å². The van der Waals surface area contributed by atoms with Crippen molar-refractivity contribution in [1.82, 2.24) is 4.90 Å². The van der Waals surface area contributed by atoms with Gasteiger partial charge < -0.3 is 0 Å². The summed E-state index contributed by atoms with van der Waals surface area (Å²) in [4.78, 5) is 2.70. The molecule has 102 valence electrons. The lowest BCUT2D eigenvalue weighted by atomic mass is 9.80. The summed E-state index contributed by atoms with van der Waals surface area (Å²) < 4.78 is 0. The van der Waals surface area contributed by atoms with Crippen molar-refractivity contribution in [3.63, 3.8) is 0 Å². The van der Waals surface area contributed by atoms with Crippen molar-refractivity contribution in [3.8, 4) is 0 Å². The van der Waals surface area contributed by atoms with E-state index in [0.29, 0.717) is 0 Å². The van der Waals surface area contributed by atoms with Gasteiger partial charge in [-0.2, -0.15) is 0 Å². The highest BCUT2D eigenvalue weighted by Crippen LogP contribution is 2.36. The van der Waals surface area contributed by atoms with Crippen molar-refractivity contribution in [3.05, 3.63) is 71.3 Å². The molecule has 0 bridgehead atoms. The Hall–Kier alpha value is -1.60. The number of rotatable bonds is 2. The molecule has 1 saturated heterocycles. The van der Waals surface area contributed by atoms with Crippen LogP contribution in [0.3, 0.4) is 0 Å². The van der Waals surface area contributed by atoms with Crippen molar-refractivity contribution in [2.24, 2.45) is 5.92 Å². The highest BCUT2D eigenvalue weighted by molar-refractivity contribution is 5.32. The summed E-state index contributed by atoms with van der Waals surface area (Å²) in [6, 6.07) is 20.7. The molecule has 1 aliphatic carbocycles. The third-order valence-corrected chi connectivity index (χ3v) is 5.06. The molecule has 0 saturated carbocycles. The third kappa shape index (κ3) is 2.16. The number of hydrogen-bond acceptors (Lipinski definition) is 1. The minimum Gasteiger partial charge on any atom is -0.296 e. The summed E-state index contributed by atoms with van der Waals surface area (Å²) in [5.74, 6) is 0.869. The van der Waals surface area contributed by atoms with Gasteiger partial charge in [0.1, 0.15) is 0 Å². The number of fused-ring (bicyclic) bond motifs is 2. The minimum absolute atomic E-state index is 0.755. The van der Waals surface area contributed by atoms with Gasteiger partial charge in [0.25, 0.3) is 0 Å². The fourth-order valence-corrected chi connectivity index (χ4v) is 4.00. The van der Waals surface area contributed by atoms with Crippen LogP contribution in [0.1, 0.15) is 23.1 Å². The van der Waals surface area contributed by atoms with Gasteiger partial charge in [0.15, 0.2) is 0 Å². The normalized spacial score (nSPS) is 25.2. The van der Waals surface area contributed by atoms with Crippen LogP contribution in [0.25, 0.3) is 0 Å². The second-order valence-electron chi connectivity index (χ2n) is 6.25. The van der Waals surface area contributed by atoms with Crippen LogP contribution in [0.4, 0.5) is 0 Å². The summed E-state index contributed by atoms with van der Waals surface area (Å²) in [5.41, 5.74) is 4.62. The second-order valence-corrected chi connectivity index (χ2v) is 6.25. The molecule has 1 fully saturated rings. The molecule has 2 aliphatic rings. The maximum absolute atomic E-state index is 2.70. The van der Waals surface area contributed by atoms with E-state index >= 15 is 0 Å². The number of hydrogen-bond donors (Lipinski definition) is 0. The topological polar surface area (TPSA) is 3.24 Å². The van der Waals surface area contributed by atoms with E-state index in [9.17, 15) is 0 Å². The molecular formula is C19H21N. The highest BCUT2D eigenvalue weighted by Gasteiger charge is 2.37. The maximum atomic E-state index is 2.70. The largest absolute Gasteiger partial charge is 0.296 e. The molecule has 2 aromatic carbocycles. The fraction of sp³-hybridized carbons (Fsp3) is 0.368. The van der Waals surface area contributed by atoms with Crippen LogP contribution >= 0.6 is 0 Å². The smallest absolute Gasteiger partial charge is 0.0236 e. The van der Waals surface area contributed by atoms with Crippen molar-refractivity contribution >= 4 is 0 Å². The molecular weight excluding hydrogens is 242 g/mol. The van der Waals surface area contributed by atoms with E-state index in [0.717, 1.165) is 18.5 Å². The molecule has 20 heavy (non-hydrogen) atoms. The Labute approximate surface area is 121 Å². The van der Waals surface area contributed by atoms with Crippen LogP contribution in [0, 0.1) is 5.92 Å². The summed E-state index contributed by atoms with van der Waals surface area (Å²) in [6.45, 7) is 2.38. The lowest BCUT2D eigenvalue weighted by molar-refractivity contribution is 0.208. The molecule has 0 amide bonds. The van der Waals surface area contributed by atoms with E-state index in [1.54, 1.807) is 11.1 Å². The standard InChI is InChI=1S/C19H21N/c1-2-6-15(7-3-1)14-20-11-10-18-12-16-8-4-5-9-17(16)13-19(18)20/h1-9,18-19H,10-14H2. The van der Waals surface area contributed by atoms with E-state index < -0.39 is 0 Å². The highest BCUT2D eigenvalue weighted by atomic mass is 15.2. The quantitative estimate of drug-likeness (QED) is 0.799. The third-order valence-electron chi connectivity index (χ3n) is 5.06. The van der Waals surface area contributed by atoms with Crippen LogP contribution in [0.2, 0.25) is 0 Å². The first-order valence-electron chi connectivity index (χ1n) is 7.75. The molecule has 2 unspecified atom stereocenters. The van der Waals surface area contributed by atoms with Gasteiger partial charge in [-0.05, 0) is 48.4 Å². The van der Waals surface area contributed by atoms with Crippen LogP contribution in [0.15, 0.2) is 54.6 Å². The number of benzene rings is 2. The monoisotopic (exact) mass is 263 g/mol. The van der Waals surface area contributed by atoms with Gasteiger partial charge in [0, 0.05) is 12.6 Å². The average Bonchev–Trinajstić information content (AvgIpc) is 2.88. The van der Waals surface area contributed by atoms with Gasteiger partial charge >= 0.3 is 0 Å². The van der Waals surface area contributed by atoms with Gasteiger partial charge in [0.05, 0.1) is 0 Å². The molecule has 0 aromatic heterocycles. The van der Waals surface area contributed by atoms with Crippen molar-refractivity contribution in [1.29, 1.82) is 0 Å². The maximum Gasteiger partial charge on any atom is 0.0236 e. The zero-order valence-corrected chi connectivity index (χ0v) is 11.8. The first kappa shape index (κ1) is 12.2. The van der Waals surface area contributed by atoms with Gasteiger partial charge in [0.2, 0.25) is 0 Å². The van der Waals surface area contributed by atoms with Crippen LogP contribution in [-0.4, -0.2) is 17.5 Å². The van der Waals surface area contributed by atoms with Crippen molar-refractivity contribution in [2.45, 2.75) is 31.8 Å². The second kappa shape index (κ2) is 5.06. The molecule has 1 nitrogen and oxygen atoms in total. The zero-order valence-electron chi connectivity index (χ0n) is 11.8. The van der Waals surface area contributed by atoms with E-state index in [1.165, 1.54) is 31.4 Å². The Morgan fingerprint density at radius 2 is 1.55 bits per heavy atom. The van der Waals surface area contributed by atoms with Crippen molar-refractivity contribution < 1.29 is 0 Å². The van der Waals surface area contributed by atoms with Crippen LogP contribution in [0.5, 0.6) is 0 Å². The Kier molecular flexibility index (Phi) is 3.08. The van der Waals surface area contributed by atoms with E-state index in [4.69, 9.17) is 0 Å². The summed E-state index contributed by atoms with van der Waals surface area (Å²) in [7, 11) is 0. The van der Waals surface area contributed by atoms with Crippen LogP contribution < -0.4 is 0 Å². The van der Waals surface area contributed by atoms with Crippen LogP contribution in [-0.2, 0) is 19.4 Å². The average molecular weight is 263 g/mol. The van der Waals surface area contributed by atoms with Gasteiger partial charge in [-0.15, -0.1) is 0 Å². The van der Waals surface area contributed by atoms with E-state index in [-0.39, 0.29) is 0 Å². The van der Waals surface area contributed by atoms with E-state index in [2.05, 4.69) is 59.5 Å². The lowest BCUT2D eigenvalue weighted by Crippen LogP contribution is -2.37. The molecule has 0 N–H and O–H groups in total. The SMILES string of the molecule is c1ccc(CN2CCC3Cc4ccccc4CC32)cc1. The molecule has 2 aromatic rings. The number of likely N-dealkylation sites (tertiary alicyclic amines) is 1. The van der Waals surface area contributed by atoms with Gasteiger partial charge in [-0.3, -0.25) is 4.90 Å².